The fourth-order valence-corrected chi connectivity index (χ4v) is 4.61. The highest BCUT2D eigenvalue weighted by Crippen LogP contribution is 2.49. The van der Waals surface area contributed by atoms with Gasteiger partial charge in [0, 0.05) is 22.7 Å². The Morgan fingerprint density at radius 3 is 2.50 bits per heavy atom. The number of rotatable bonds is 5. The Bertz CT molecular complexity index is 624. The Morgan fingerprint density at radius 1 is 1.21 bits per heavy atom. The summed E-state index contributed by atoms with van der Waals surface area (Å²) in [7, 11) is 0. The average Bonchev–Trinajstić information content (AvgIpc) is 2.50. The summed E-state index contributed by atoms with van der Waals surface area (Å²) < 4.78 is 0. The summed E-state index contributed by atoms with van der Waals surface area (Å²) in [5, 5.41) is 26.3. The largest absolute Gasteiger partial charge is 0.339 e. The van der Waals surface area contributed by atoms with E-state index >= 15 is 0 Å². The maximum absolute atomic E-state index is 12.6. The van der Waals surface area contributed by atoms with Gasteiger partial charge in [0.05, 0.1) is 13.1 Å². The lowest BCUT2D eigenvalue weighted by molar-refractivity contribution is -0.641. The van der Waals surface area contributed by atoms with Crippen molar-refractivity contribution < 1.29 is 19.4 Å². The minimum atomic E-state index is -2.13. The molecule has 132 valence electrons. The molecule has 1 saturated carbocycles. The zero-order valence-electron chi connectivity index (χ0n) is 13.4. The number of nitro groups is 2. The van der Waals surface area contributed by atoms with Gasteiger partial charge in [-0.3, -0.25) is 34.7 Å². The lowest BCUT2D eigenvalue weighted by Crippen LogP contribution is -2.86. The summed E-state index contributed by atoms with van der Waals surface area (Å²) in [5.41, 5.74) is -3.81. The number of nitrogens with one attached hydrogen (secondary N) is 1. The third kappa shape index (κ3) is 1.98. The number of hydrogen-bond donors (Lipinski definition) is 1. The van der Waals surface area contributed by atoms with E-state index in [2.05, 4.69) is 5.32 Å². The second-order valence-corrected chi connectivity index (χ2v) is 7.02. The van der Waals surface area contributed by atoms with Crippen molar-refractivity contribution in [3.05, 3.63) is 20.2 Å². The van der Waals surface area contributed by atoms with Crippen molar-refractivity contribution in [1.29, 1.82) is 0 Å². The molecule has 3 fully saturated rings. The summed E-state index contributed by atoms with van der Waals surface area (Å²) in [6.45, 7) is 2.25. The van der Waals surface area contributed by atoms with Crippen LogP contribution in [0.15, 0.2) is 0 Å². The second kappa shape index (κ2) is 5.47. The molecule has 2 aliphatic heterocycles. The van der Waals surface area contributed by atoms with Gasteiger partial charge >= 0.3 is 5.54 Å². The molecule has 3 aliphatic rings. The predicted octanol–water partition coefficient (Wildman–Crippen LogP) is -0.389. The third-order valence-electron chi connectivity index (χ3n) is 5.78. The number of unbranched alkanes of at least 4 members (excludes halogenated alkanes) is 1. The summed E-state index contributed by atoms with van der Waals surface area (Å²) in [5.74, 6) is -2.27. The molecule has 4 unspecified atom stereocenters. The Kier molecular flexibility index (Phi) is 3.82. The van der Waals surface area contributed by atoms with E-state index in [9.17, 15) is 29.8 Å². The maximum Gasteiger partial charge on any atom is 0.321 e. The van der Waals surface area contributed by atoms with Gasteiger partial charge in [0.2, 0.25) is 0 Å². The zero-order valence-corrected chi connectivity index (χ0v) is 13.4. The van der Waals surface area contributed by atoms with Gasteiger partial charge in [-0.2, -0.15) is 0 Å². The molecular weight excluding hydrogens is 320 g/mol. The van der Waals surface area contributed by atoms with Crippen LogP contribution in [0, 0.1) is 26.1 Å². The highest BCUT2D eigenvalue weighted by molar-refractivity contribution is 5.92. The molecule has 0 aromatic rings. The van der Waals surface area contributed by atoms with Crippen LogP contribution < -0.4 is 5.32 Å². The molecule has 1 aliphatic carbocycles. The van der Waals surface area contributed by atoms with Gasteiger partial charge in [-0.05, 0) is 13.0 Å². The number of likely N-dealkylation sites (tertiary alicyclic amines) is 1. The van der Waals surface area contributed by atoms with Gasteiger partial charge in [0.1, 0.15) is 17.7 Å². The maximum atomic E-state index is 12.6. The molecule has 4 atom stereocenters. The van der Waals surface area contributed by atoms with E-state index in [-0.39, 0.29) is 31.7 Å². The molecule has 0 radical (unpaired) electrons. The number of carbonyl (C=O) groups is 2. The van der Waals surface area contributed by atoms with Crippen molar-refractivity contribution in [1.82, 2.24) is 10.2 Å². The molecule has 4 bridgehead atoms. The number of Topliss-reactive ketones (excluding diaryl/α,β-unsaturated/α-hetero) is 1. The highest BCUT2D eigenvalue weighted by atomic mass is 16.6. The monoisotopic (exact) mass is 340 g/mol. The van der Waals surface area contributed by atoms with Crippen molar-refractivity contribution in [2.75, 3.05) is 19.6 Å². The molecule has 10 heteroatoms. The summed E-state index contributed by atoms with van der Waals surface area (Å²) in [4.78, 5) is 48.9. The second-order valence-electron chi connectivity index (χ2n) is 7.02. The Hall–Kier alpha value is -2.10. The van der Waals surface area contributed by atoms with Gasteiger partial charge in [-0.15, -0.1) is 0 Å². The number of hydrogen-bond acceptors (Lipinski definition) is 7. The molecule has 2 heterocycles. The molecule has 1 amide bonds. The lowest BCUT2D eigenvalue weighted by atomic mass is 9.56. The zero-order chi connectivity index (χ0) is 17.7. The van der Waals surface area contributed by atoms with Crippen LogP contribution in [0.25, 0.3) is 0 Å². The minimum Gasteiger partial charge on any atom is -0.339 e. The molecule has 24 heavy (non-hydrogen) atoms. The van der Waals surface area contributed by atoms with E-state index in [1.165, 1.54) is 0 Å². The van der Waals surface area contributed by atoms with Crippen LogP contribution in [0.2, 0.25) is 0 Å². The summed E-state index contributed by atoms with van der Waals surface area (Å²) >= 11 is 0. The molecular formula is C14H20N4O6. The normalized spacial score (nSPS) is 38.5. The van der Waals surface area contributed by atoms with E-state index in [1.807, 2.05) is 6.92 Å². The van der Waals surface area contributed by atoms with Crippen LogP contribution in [-0.4, -0.2) is 63.2 Å². The quantitative estimate of drug-likeness (QED) is 0.531. The standard InChI is InChI=1S/C14H20N4O6/c1-2-3-4-16-7-13(17(21)22)10-5-9(19)6-11(13)15-12(20)14(10,8-16)18(23)24/h10-11H,2-8H2,1H3,(H,15,20). The van der Waals surface area contributed by atoms with Crippen molar-refractivity contribution in [2.24, 2.45) is 5.92 Å². The van der Waals surface area contributed by atoms with Gasteiger partial charge in [0.25, 0.3) is 11.4 Å². The molecule has 2 saturated heterocycles. The van der Waals surface area contributed by atoms with Crippen molar-refractivity contribution in [3.8, 4) is 0 Å². The number of ketones is 1. The first-order valence-corrected chi connectivity index (χ1v) is 8.13. The molecule has 0 aromatic heterocycles. The van der Waals surface area contributed by atoms with Crippen LogP contribution in [-0.2, 0) is 9.59 Å². The van der Waals surface area contributed by atoms with Crippen molar-refractivity contribution in [2.45, 2.75) is 49.7 Å². The van der Waals surface area contributed by atoms with Gasteiger partial charge in [-0.25, -0.2) is 0 Å². The minimum absolute atomic E-state index is 0.0263. The summed E-state index contributed by atoms with van der Waals surface area (Å²) in [6, 6.07) is -0.983. The van der Waals surface area contributed by atoms with Crippen LogP contribution in [0.3, 0.4) is 0 Å². The van der Waals surface area contributed by atoms with Crippen LogP contribution in [0.4, 0.5) is 0 Å². The molecule has 3 rings (SSSR count). The molecule has 0 spiro atoms. The van der Waals surface area contributed by atoms with E-state index in [1.54, 1.807) is 4.90 Å². The van der Waals surface area contributed by atoms with E-state index in [0.717, 1.165) is 12.8 Å². The fraction of sp³-hybridized carbons (Fsp3) is 0.857. The van der Waals surface area contributed by atoms with Crippen molar-refractivity contribution in [3.63, 3.8) is 0 Å². The number of piperidine rings is 2. The Morgan fingerprint density at radius 2 is 1.92 bits per heavy atom. The van der Waals surface area contributed by atoms with Gasteiger partial charge in [0.15, 0.2) is 0 Å². The van der Waals surface area contributed by atoms with Gasteiger partial charge < -0.3 is 5.32 Å². The van der Waals surface area contributed by atoms with Gasteiger partial charge in [-0.1, -0.05) is 13.3 Å². The fourth-order valence-electron chi connectivity index (χ4n) is 4.61. The SMILES string of the molecule is CCCCN1CC2([N+](=O)[O-])C(=O)NC3CC(=O)CC2C3([N+](=O)[O-])C1. The van der Waals surface area contributed by atoms with Crippen LogP contribution in [0.5, 0.6) is 0 Å². The first kappa shape index (κ1) is 16.7. The smallest absolute Gasteiger partial charge is 0.321 e. The van der Waals surface area contributed by atoms with Crippen molar-refractivity contribution >= 4 is 11.7 Å². The number of carbonyl (C=O) groups excluding carboxylic acids is 2. The Balaban J connectivity index is 2.14. The Labute approximate surface area is 137 Å². The molecule has 1 N–H and O–H groups in total. The predicted molar refractivity (Wildman–Crippen MR) is 80.5 cm³/mol. The van der Waals surface area contributed by atoms with E-state index < -0.39 is 38.8 Å². The molecule has 10 nitrogen and oxygen atoms in total. The highest BCUT2D eigenvalue weighted by Gasteiger charge is 2.80. The first-order chi connectivity index (χ1) is 11.3. The number of nitrogens with zero attached hydrogens (tertiary/aromatic N) is 3. The van der Waals surface area contributed by atoms with E-state index in [0.29, 0.717) is 6.54 Å². The van der Waals surface area contributed by atoms with Crippen LogP contribution >= 0.6 is 0 Å². The van der Waals surface area contributed by atoms with E-state index in [4.69, 9.17) is 0 Å². The lowest BCUT2D eigenvalue weighted by Gasteiger charge is -2.55. The topological polar surface area (TPSA) is 136 Å². The molecule has 0 aromatic carbocycles. The number of amides is 1. The third-order valence-corrected chi connectivity index (χ3v) is 5.78. The first-order valence-electron chi connectivity index (χ1n) is 8.13. The average molecular weight is 340 g/mol. The summed E-state index contributed by atoms with van der Waals surface area (Å²) in [6.07, 6.45) is 1.15. The van der Waals surface area contributed by atoms with Crippen LogP contribution in [0.1, 0.15) is 32.6 Å².